The molecule has 0 N–H and O–H groups in total. The zero-order chi connectivity index (χ0) is 27.5. The summed E-state index contributed by atoms with van der Waals surface area (Å²) < 4.78 is 5.50. The lowest BCUT2D eigenvalue weighted by Crippen LogP contribution is -2.29. The number of nitrogens with zero attached hydrogens (tertiary/aromatic N) is 2. The quantitative estimate of drug-likeness (QED) is 0.0986. The van der Waals surface area contributed by atoms with Gasteiger partial charge in [-0.2, -0.15) is 0 Å². The molecule has 194 valence electrons. The van der Waals surface area contributed by atoms with Gasteiger partial charge in [0.1, 0.15) is 5.75 Å². The van der Waals surface area contributed by atoms with E-state index in [1.54, 1.807) is 18.2 Å². The van der Waals surface area contributed by atoms with Crippen LogP contribution in [0.4, 0.5) is 11.4 Å². The third-order valence-corrected chi connectivity index (χ3v) is 8.69. The van der Waals surface area contributed by atoms with Crippen LogP contribution in [0.25, 0.3) is 0 Å². The molecular formula is C25H12Cl6N2O5. The molecule has 0 aliphatic carbocycles. The number of fused-ring (bicyclic) bond motifs is 1. The molecule has 0 unspecified atom stereocenters. The molecule has 0 radical (unpaired) electrons. The van der Waals surface area contributed by atoms with Crippen LogP contribution in [0.3, 0.4) is 0 Å². The molecule has 2 heterocycles. The molecule has 0 saturated carbocycles. The van der Waals surface area contributed by atoms with E-state index in [1.807, 2.05) is 0 Å². The van der Waals surface area contributed by atoms with Gasteiger partial charge in [0.15, 0.2) is 0 Å². The first-order chi connectivity index (χ1) is 18.0. The summed E-state index contributed by atoms with van der Waals surface area (Å²) in [4.78, 5) is 54.0. The highest BCUT2D eigenvalue weighted by Crippen LogP contribution is 2.46. The standard InChI is InChI=1S/C25H12Cl6N2O5/c26-13-5-2-6-14(18(13)27)32-9-10(7-15(32)34)25(37)38-12-4-1-3-11(8-12)33-23(35)16-17(24(33)36)20(29)22(31)21(30)19(16)28/h1-6,8,10H,7,9H2/t10-/m0/s1. The number of ether oxygens (including phenoxy) is 1. The first-order valence-electron chi connectivity index (χ1n) is 10.8. The van der Waals surface area contributed by atoms with Crippen molar-refractivity contribution < 1.29 is 23.9 Å². The van der Waals surface area contributed by atoms with E-state index in [-0.39, 0.29) is 71.6 Å². The van der Waals surface area contributed by atoms with Crippen LogP contribution in [0, 0.1) is 5.92 Å². The Morgan fingerprint density at radius 3 is 2.03 bits per heavy atom. The van der Waals surface area contributed by atoms with E-state index in [0.29, 0.717) is 5.69 Å². The van der Waals surface area contributed by atoms with Gasteiger partial charge in [0.25, 0.3) is 11.8 Å². The predicted octanol–water partition coefficient (Wildman–Crippen LogP) is 7.37. The average molecular weight is 633 g/mol. The lowest BCUT2D eigenvalue weighted by Gasteiger charge is -2.18. The molecule has 0 aromatic heterocycles. The number of anilines is 2. The van der Waals surface area contributed by atoms with Crippen LogP contribution >= 0.6 is 69.6 Å². The maximum Gasteiger partial charge on any atom is 0.316 e. The second-order valence-electron chi connectivity index (χ2n) is 8.35. The molecule has 3 amide bonds. The molecule has 1 atom stereocenters. The average Bonchev–Trinajstić information content (AvgIpc) is 3.40. The van der Waals surface area contributed by atoms with E-state index in [1.165, 1.54) is 29.2 Å². The number of carbonyl (C=O) groups excluding carboxylic acids is 4. The minimum absolute atomic E-state index is 0.0361. The minimum Gasteiger partial charge on any atom is -0.426 e. The third-order valence-electron chi connectivity index (χ3n) is 6.08. The SMILES string of the molecule is O=C(Oc1cccc(N2C(=O)c3c(Cl)c(Cl)c(Cl)c(Cl)c3C2=O)c1)[C@H]1CC(=O)N(c2cccc(Cl)c2Cl)C1. The summed E-state index contributed by atoms with van der Waals surface area (Å²) in [5.74, 6) is -3.28. The van der Waals surface area contributed by atoms with E-state index in [4.69, 9.17) is 74.3 Å². The van der Waals surface area contributed by atoms with Gasteiger partial charge in [-0.05, 0) is 24.3 Å². The van der Waals surface area contributed by atoms with Gasteiger partial charge in [-0.1, -0.05) is 81.7 Å². The number of benzene rings is 3. The van der Waals surface area contributed by atoms with E-state index in [9.17, 15) is 19.2 Å². The highest BCUT2D eigenvalue weighted by Gasteiger charge is 2.43. The minimum atomic E-state index is -0.789. The molecule has 38 heavy (non-hydrogen) atoms. The number of esters is 1. The van der Waals surface area contributed by atoms with Crippen LogP contribution < -0.4 is 14.5 Å². The number of rotatable bonds is 4. The number of halogens is 6. The molecule has 0 bridgehead atoms. The van der Waals surface area contributed by atoms with Crippen molar-refractivity contribution in [1.82, 2.24) is 0 Å². The second-order valence-corrected chi connectivity index (χ2v) is 10.6. The molecule has 2 aliphatic heterocycles. The van der Waals surface area contributed by atoms with E-state index >= 15 is 0 Å². The highest BCUT2D eigenvalue weighted by molar-refractivity contribution is 6.56. The fourth-order valence-electron chi connectivity index (χ4n) is 4.27. The van der Waals surface area contributed by atoms with Crippen LogP contribution in [0.1, 0.15) is 27.1 Å². The first-order valence-corrected chi connectivity index (χ1v) is 13.1. The maximum absolute atomic E-state index is 13.1. The number of hydrogen-bond acceptors (Lipinski definition) is 5. The molecular weight excluding hydrogens is 621 g/mol. The Kier molecular flexibility index (Phi) is 7.28. The zero-order valence-corrected chi connectivity index (χ0v) is 23.3. The van der Waals surface area contributed by atoms with Crippen LogP contribution in [0.15, 0.2) is 42.5 Å². The van der Waals surface area contributed by atoms with Gasteiger partial charge in [-0.25, -0.2) is 4.90 Å². The van der Waals surface area contributed by atoms with Crippen molar-refractivity contribution in [2.24, 2.45) is 5.92 Å². The van der Waals surface area contributed by atoms with Crippen molar-refractivity contribution >= 4 is 105 Å². The van der Waals surface area contributed by atoms with Crippen LogP contribution in [-0.4, -0.2) is 30.2 Å². The van der Waals surface area contributed by atoms with Crippen LogP contribution in [-0.2, 0) is 9.59 Å². The summed E-state index contributed by atoms with van der Waals surface area (Å²) in [6.45, 7) is 0.0361. The van der Waals surface area contributed by atoms with Crippen molar-refractivity contribution in [2.45, 2.75) is 6.42 Å². The largest absolute Gasteiger partial charge is 0.426 e. The Bertz CT molecular complexity index is 1530. The second kappa shape index (κ2) is 10.2. The Hall–Kier alpha value is -2.52. The molecule has 3 aromatic rings. The van der Waals surface area contributed by atoms with Crippen molar-refractivity contribution in [2.75, 3.05) is 16.3 Å². The van der Waals surface area contributed by atoms with E-state index in [2.05, 4.69) is 0 Å². The van der Waals surface area contributed by atoms with Crippen molar-refractivity contribution in [3.63, 3.8) is 0 Å². The molecule has 0 spiro atoms. The van der Waals surface area contributed by atoms with Gasteiger partial charge < -0.3 is 9.64 Å². The summed E-state index contributed by atoms with van der Waals surface area (Å²) in [5, 5.41) is -0.221. The third kappa shape index (κ3) is 4.41. The monoisotopic (exact) mass is 630 g/mol. The lowest BCUT2D eigenvalue weighted by atomic mass is 10.1. The smallest absolute Gasteiger partial charge is 0.316 e. The van der Waals surface area contributed by atoms with Gasteiger partial charge in [-0.3, -0.25) is 19.2 Å². The zero-order valence-electron chi connectivity index (χ0n) is 18.7. The van der Waals surface area contributed by atoms with E-state index in [0.717, 1.165) is 4.90 Å². The normalized spacial score (nSPS) is 16.9. The summed E-state index contributed by atoms with van der Waals surface area (Å²) in [6, 6.07) is 10.6. The number of hydrogen-bond donors (Lipinski definition) is 0. The van der Waals surface area contributed by atoms with Crippen LogP contribution in [0.2, 0.25) is 30.1 Å². The fraction of sp³-hybridized carbons (Fsp3) is 0.120. The highest BCUT2D eigenvalue weighted by atomic mass is 35.5. The van der Waals surface area contributed by atoms with Crippen molar-refractivity contribution in [3.8, 4) is 5.75 Å². The molecule has 3 aromatic carbocycles. The molecule has 2 aliphatic rings. The molecule has 1 fully saturated rings. The molecule has 1 saturated heterocycles. The fourth-order valence-corrected chi connectivity index (χ4v) is 5.68. The van der Waals surface area contributed by atoms with Gasteiger partial charge in [0.05, 0.1) is 58.6 Å². The lowest BCUT2D eigenvalue weighted by molar-refractivity contribution is -0.139. The molecule has 13 heteroatoms. The summed E-state index contributed by atoms with van der Waals surface area (Å²) in [5.41, 5.74) is 0.130. The van der Waals surface area contributed by atoms with Gasteiger partial charge in [-0.15, -0.1) is 0 Å². The predicted molar refractivity (Wildman–Crippen MR) is 147 cm³/mol. The summed E-state index contributed by atoms with van der Waals surface area (Å²) in [6.07, 6.45) is -0.0989. The topological polar surface area (TPSA) is 84.0 Å². The van der Waals surface area contributed by atoms with Crippen molar-refractivity contribution in [1.29, 1.82) is 0 Å². The van der Waals surface area contributed by atoms with Gasteiger partial charge >= 0.3 is 5.97 Å². The number of amides is 3. The Morgan fingerprint density at radius 1 is 0.789 bits per heavy atom. The molecule has 5 rings (SSSR count). The summed E-state index contributed by atoms with van der Waals surface area (Å²) >= 11 is 36.8. The Morgan fingerprint density at radius 2 is 1.39 bits per heavy atom. The Labute approximate surface area is 245 Å². The van der Waals surface area contributed by atoms with Gasteiger partial charge in [0.2, 0.25) is 5.91 Å². The Balaban J connectivity index is 1.37. The van der Waals surface area contributed by atoms with Gasteiger partial charge in [0, 0.05) is 19.0 Å². The number of imide groups is 1. The van der Waals surface area contributed by atoms with Crippen molar-refractivity contribution in [3.05, 3.63) is 83.7 Å². The van der Waals surface area contributed by atoms with Crippen LogP contribution in [0.5, 0.6) is 5.75 Å². The van der Waals surface area contributed by atoms with E-state index < -0.39 is 23.7 Å². The first kappa shape index (κ1) is 27.1. The molecule has 7 nitrogen and oxygen atoms in total. The number of carbonyl (C=O) groups is 4. The maximum atomic E-state index is 13.1. The summed E-state index contributed by atoms with van der Waals surface area (Å²) in [7, 11) is 0.